The lowest BCUT2D eigenvalue weighted by molar-refractivity contribution is 0.0530. The van der Waals surface area contributed by atoms with Crippen LogP contribution in [0.1, 0.15) is 22.8 Å². The van der Waals surface area contributed by atoms with Gasteiger partial charge >= 0.3 is 5.97 Å². The molecule has 0 bridgehead atoms. The van der Waals surface area contributed by atoms with Crippen molar-refractivity contribution in [1.29, 1.82) is 0 Å². The quantitative estimate of drug-likeness (QED) is 0.358. The summed E-state index contributed by atoms with van der Waals surface area (Å²) in [5.74, 6) is 2.78. The van der Waals surface area contributed by atoms with Gasteiger partial charge < -0.3 is 9.47 Å². The molecule has 0 fully saturated rings. The Labute approximate surface area is 156 Å². The van der Waals surface area contributed by atoms with Crippen molar-refractivity contribution < 1.29 is 14.3 Å². The molecule has 0 saturated heterocycles. The predicted octanol–water partition coefficient (Wildman–Crippen LogP) is 4.84. The third-order valence-electron chi connectivity index (χ3n) is 3.59. The molecule has 3 aromatic rings. The van der Waals surface area contributed by atoms with Gasteiger partial charge in [0.1, 0.15) is 22.9 Å². The number of ether oxygens (including phenoxy) is 2. The van der Waals surface area contributed by atoms with E-state index in [0.717, 1.165) is 15.6 Å². The number of terminal acetylenes is 1. The number of fused-ring (bicyclic) bond motifs is 1. The zero-order chi connectivity index (χ0) is 18.4. The minimum absolute atomic E-state index is 0.234. The maximum atomic E-state index is 12.4. The lowest BCUT2D eigenvalue weighted by Gasteiger charge is -2.02. The van der Waals surface area contributed by atoms with Crippen molar-refractivity contribution in [2.75, 3.05) is 13.2 Å². The fraction of sp³-hybridized carbons (Fsp3) is 0.143. The Kier molecular flexibility index (Phi) is 5.67. The Morgan fingerprint density at radius 1 is 1.23 bits per heavy atom. The van der Waals surface area contributed by atoms with Gasteiger partial charge in [0.2, 0.25) is 0 Å². The maximum absolute atomic E-state index is 12.4. The number of rotatable bonds is 6. The molecule has 0 amide bonds. The van der Waals surface area contributed by atoms with Crippen molar-refractivity contribution >= 4 is 38.6 Å². The second-order valence-corrected chi connectivity index (χ2v) is 6.35. The van der Waals surface area contributed by atoms with E-state index >= 15 is 0 Å². The van der Waals surface area contributed by atoms with Gasteiger partial charge in [-0.2, -0.15) is 0 Å². The van der Waals surface area contributed by atoms with Crippen LogP contribution in [0.3, 0.4) is 0 Å². The number of nitrogens with zero attached hydrogens (tertiary/aromatic N) is 1. The van der Waals surface area contributed by atoms with E-state index in [-0.39, 0.29) is 12.6 Å². The minimum atomic E-state index is -0.352. The van der Waals surface area contributed by atoms with Gasteiger partial charge in [-0.05, 0) is 42.8 Å². The van der Waals surface area contributed by atoms with E-state index in [1.54, 1.807) is 13.1 Å². The maximum Gasteiger partial charge on any atom is 0.341 e. The summed E-state index contributed by atoms with van der Waals surface area (Å²) in [7, 11) is 0. The Morgan fingerprint density at radius 2 is 2.00 bits per heavy atom. The van der Waals surface area contributed by atoms with E-state index in [4.69, 9.17) is 15.9 Å². The number of hydrogen-bond acceptors (Lipinski definition) is 5. The highest BCUT2D eigenvalue weighted by atomic mass is 32.1. The first-order chi connectivity index (χ1) is 12.7. The number of esters is 1. The summed E-state index contributed by atoms with van der Waals surface area (Å²) >= 11 is 1.47. The van der Waals surface area contributed by atoms with Crippen LogP contribution >= 0.6 is 11.3 Å². The van der Waals surface area contributed by atoms with Crippen molar-refractivity contribution in [3.05, 3.63) is 59.7 Å². The standard InChI is InChI=1S/C21H17NO3S/c1-3-13-25-16-11-9-15(10-12-16)14-22-20-19(21(23)24-4-2)17-7-5-6-8-18(17)26-20/h1,5-12,14H,4,13H2,2H3. The average molecular weight is 363 g/mol. The van der Waals surface area contributed by atoms with Crippen molar-refractivity contribution in [3.8, 4) is 18.1 Å². The number of benzene rings is 2. The van der Waals surface area contributed by atoms with Crippen LogP contribution in [0.25, 0.3) is 10.1 Å². The number of carbonyl (C=O) groups excluding carboxylic acids is 1. The van der Waals surface area contributed by atoms with Gasteiger partial charge in [0, 0.05) is 16.3 Å². The van der Waals surface area contributed by atoms with Gasteiger partial charge in [0.25, 0.3) is 0 Å². The van der Waals surface area contributed by atoms with Crippen LogP contribution in [0.4, 0.5) is 5.00 Å². The first-order valence-electron chi connectivity index (χ1n) is 8.12. The molecule has 0 spiro atoms. The minimum Gasteiger partial charge on any atom is -0.481 e. The molecule has 0 unspecified atom stereocenters. The zero-order valence-corrected chi connectivity index (χ0v) is 15.1. The molecule has 0 N–H and O–H groups in total. The molecule has 0 saturated carbocycles. The molecule has 130 valence electrons. The van der Waals surface area contributed by atoms with E-state index < -0.39 is 0 Å². The van der Waals surface area contributed by atoms with Crippen LogP contribution in [0.5, 0.6) is 5.75 Å². The van der Waals surface area contributed by atoms with Crippen LogP contribution in [-0.2, 0) is 4.74 Å². The van der Waals surface area contributed by atoms with Crippen LogP contribution < -0.4 is 4.74 Å². The van der Waals surface area contributed by atoms with Crippen LogP contribution in [-0.4, -0.2) is 25.4 Å². The highest BCUT2D eigenvalue weighted by Crippen LogP contribution is 2.38. The van der Waals surface area contributed by atoms with Crippen molar-refractivity contribution in [3.63, 3.8) is 0 Å². The van der Waals surface area contributed by atoms with Gasteiger partial charge in [-0.1, -0.05) is 24.1 Å². The molecule has 2 aromatic carbocycles. The SMILES string of the molecule is C#CCOc1ccc(C=Nc2sc3ccccc3c2C(=O)OCC)cc1. The normalized spacial score (nSPS) is 10.8. The molecule has 1 aromatic heterocycles. The van der Waals surface area contributed by atoms with Crippen molar-refractivity contribution in [2.45, 2.75) is 6.92 Å². The second-order valence-electron chi connectivity index (χ2n) is 5.32. The van der Waals surface area contributed by atoms with Crippen molar-refractivity contribution in [2.24, 2.45) is 4.99 Å². The Bertz CT molecular complexity index is 981. The number of carbonyl (C=O) groups is 1. The second kappa shape index (κ2) is 8.32. The summed E-state index contributed by atoms with van der Waals surface area (Å²) < 4.78 is 11.6. The number of aliphatic imine (C=N–C) groups is 1. The monoisotopic (exact) mass is 363 g/mol. The topological polar surface area (TPSA) is 47.9 Å². The van der Waals surface area contributed by atoms with Crippen LogP contribution in [0.15, 0.2) is 53.5 Å². The Morgan fingerprint density at radius 3 is 2.73 bits per heavy atom. The molecule has 0 radical (unpaired) electrons. The fourth-order valence-corrected chi connectivity index (χ4v) is 3.47. The average Bonchev–Trinajstić information content (AvgIpc) is 3.04. The molecule has 0 atom stereocenters. The van der Waals surface area contributed by atoms with Crippen LogP contribution in [0, 0.1) is 12.3 Å². The van der Waals surface area contributed by atoms with E-state index in [2.05, 4.69) is 10.9 Å². The molecule has 5 heteroatoms. The van der Waals surface area contributed by atoms with Gasteiger partial charge in [0.15, 0.2) is 0 Å². The third kappa shape index (κ3) is 3.93. The molecular weight excluding hydrogens is 346 g/mol. The number of thiophene rings is 1. The molecule has 0 aliphatic carbocycles. The molecule has 4 nitrogen and oxygen atoms in total. The smallest absolute Gasteiger partial charge is 0.341 e. The fourth-order valence-electron chi connectivity index (χ4n) is 2.43. The van der Waals surface area contributed by atoms with E-state index in [1.807, 2.05) is 48.5 Å². The largest absolute Gasteiger partial charge is 0.481 e. The zero-order valence-electron chi connectivity index (χ0n) is 14.3. The summed E-state index contributed by atoms with van der Waals surface area (Å²) in [6, 6.07) is 15.1. The molecule has 0 aliphatic heterocycles. The molecule has 26 heavy (non-hydrogen) atoms. The summed E-state index contributed by atoms with van der Waals surface area (Å²) in [5.41, 5.74) is 1.41. The molecule has 1 heterocycles. The van der Waals surface area contributed by atoms with E-state index in [9.17, 15) is 4.79 Å². The summed E-state index contributed by atoms with van der Waals surface area (Å²) in [6.07, 6.45) is 6.90. The lowest BCUT2D eigenvalue weighted by atomic mass is 10.1. The third-order valence-corrected chi connectivity index (χ3v) is 4.67. The highest BCUT2D eigenvalue weighted by molar-refractivity contribution is 7.23. The van der Waals surface area contributed by atoms with Crippen molar-refractivity contribution in [1.82, 2.24) is 0 Å². The van der Waals surface area contributed by atoms with E-state index in [0.29, 0.717) is 22.9 Å². The molecule has 0 aliphatic rings. The Balaban J connectivity index is 1.90. The molecular formula is C21H17NO3S. The first kappa shape index (κ1) is 17.7. The van der Waals surface area contributed by atoms with Crippen LogP contribution in [0.2, 0.25) is 0 Å². The summed E-state index contributed by atoms with van der Waals surface area (Å²) in [6.45, 7) is 2.35. The van der Waals surface area contributed by atoms with E-state index in [1.165, 1.54) is 11.3 Å². The Hall–Kier alpha value is -3.10. The van der Waals surface area contributed by atoms with Gasteiger partial charge in [0.05, 0.1) is 6.61 Å². The molecule has 3 rings (SSSR count). The predicted molar refractivity (Wildman–Crippen MR) is 106 cm³/mol. The van der Waals surface area contributed by atoms with Gasteiger partial charge in [-0.15, -0.1) is 17.8 Å². The summed E-state index contributed by atoms with van der Waals surface area (Å²) in [4.78, 5) is 16.9. The number of hydrogen-bond donors (Lipinski definition) is 0. The lowest BCUT2D eigenvalue weighted by Crippen LogP contribution is -2.03. The highest BCUT2D eigenvalue weighted by Gasteiger charge is 2.19. The summed E-state index contributed by atoms with van der Waals surface area (Å²) in [5, 5.41) is 1.50. The van der Waals surface area contributed by atoms with Gasteiger partial charge in [-0.25, -0.2) is 9.79 Å². The first-order valence-corrected chi connectivity index (χ1v) is 8.93. The van der Waals surface area contributed by atoms with Gasteiger partial charge in [-0.3, -0.25) is 0 Å².